The van der Waals surface area contributed by atoms with Gasteiger partial charge in [0.25, 0.3) is 0 Å². The van der Waals surface area contributed by atoms with Crippen molar-refractivity contribution in [3.05, 3.63) is 66.3 Å². The molecule has 84 heavy (non-hydrogen) atoms. The average Bonchev–Trinajstić information content (AvgIpc) is 3.54. The molecule has 0 spiro atoms. The highest BCUT2D eigenvalue weighted by molar-refractivity contribution is 9.09. The number of nitrogens with two attached hydrogens (primary N) is 4. The fraction of sp³-hybridized carbons (Fsp3) is 0.585. The summed E-state index contributed by atoms with van der Waals surface area (Å²) in [4.78, 5) is 52.2. The summed E-state index contributed by atoms with van der Waals surface area (Å²) in [7, 11) is 4.49. The summed E-state index contributed by atoms with van der Waals surface area (Å²) in [5.74, 6) is 10.2. The molecule has 0 saturated carbocycles. The van der Waals surface area contributed by atoms with E-state index in [1.54, 1.807) is 30.3 Å². The number of halogens is 1. The molecule has 0 aliphatic heterocycles. The van der Waals surface area contributed by atoms with Crippen LogP contribution in [0.5, 0.6) is 23.0 Å². The Hall–Kier alpha value is -6.69. The zero-order chi connectivity index (χ0) is 65.9. The molecule has 0 heterocycles. The van der Waals surface area contributed by atoms with Crippen molar-refractivity contribution in [1.29, 1.82) is 0 Å². The molecule has 2 aromatic rings. The summed E-state index contributed by atoms with van der Waals surface area (Å²) in [6.45, 7) is 18.5. The minimum Gasteiger partial charge on any atom is -0.550 e. The molecule has 2 aromatic carbocycles. The number of allylic oxidation sites excluding steroid dienone is 4. The number of hydrogen-bond donors (Lipinski definition) is 9. The van der Waals surface area contributed by atoms with E-state index in [0.29, 0.717) is 104 Å². The highest BCUT2D eigenvalue weighted by atomic mass is 79.9. The van der Waals surface area contributed by atoms with Gasteiger partial charge < -0.3 is 78.0 Å². The fourth-order valence-corrected chi connectivity index (χ4v) is 5.40. The highest BCUT2D eigenvalue weighted by Crippen LogP contribution is 2.27. The van der Waals surface area contributed by atoms with E-state index in [-0.39, 0.29) is 36.7 Å². The molecule has 0 aliphatic rings. The molecule has 0 fully saturated rings. The van der Waals surface area contributed by atoms with Crippen molar-refractivity contribution in [2.24, 2.45) is 35.0 Å². The lowest BCUT2D eigenvalue weighted by Crippen LogP contribution is -2.22. The lowest BCUT2D eigenvalue weighted by Gasteiger charge is -2.08. The molecule has 13 N–H and O–H groups in total. The number of carboxylic acids is 4. The number of phenols is 2. The van der Waals surface area contributed by atoms with Gasteiger partial charge in [-0.15, -0.1) is 36.5 Å². The molecule has 0 unspecified atom stereocenters. The number of hydrogen-bond acceptors (Lipinski definition) is 15. The Kier molecular flexibility index (Phi) is 76.5. The van der Waals surface area contributed by atoms with Crippen LogP contribution in [0, 0.1) is 54.3 Å². The van der Waals surface area contributed by atoms with Crippen LogP contribution in [0.2, 0.25) is 0 Å². The highest BCUT2D eigenvalue weighted by Gasteiger charge is 2.05. The van der Waals surface area contributed by atoms with Crippen molar-refractivity contribution in [1.82, 2.24) is 5.32 Å². The maximum absolute atomic E-state index is 11.8. The van der Waals surface area contributed by atoms with Gasteiger partial charge in [-0.2, -0.15) is 0 Å². The number of nitrogen functional groups attached to an aromatic ring is 1. The predicted molar refractivity (Wildman–Crippen MR) is 344 cm³/mol. The monoisotopic (exact) mass is 1250 g/mol. The van der Waals surface area contributed by atoms with Crippen molar-refractivity contribution in [2.75, 3.05) is 40.1 Å². The molecule has 0 saturated heterocycles. The quantitative estimate of drug-likeness (QED) is 0.00913. The molecule has 0 atom stereocenters. The zero-order valence-electron chi connectivity index (χ0n) is 52.7. The first kappa shape index (κ1) is 91.1. The number of anilines is 1. The number of rotatable bonds is 29. The number of ether oxygens (including phenoxy) is 2. The maximum Gasteiger partial charge on any atom is 0.303 e. The van der Waals surface area contributed by atoms with Crippen LogP contribution >= 0.6 is 15.9 Å². The minimum atomic E-state index is -0.993. The molecule has 18 nitrogen and oxygen atoms in total. The van der Waals surface area contributed by atoms with E-state index in [2.05, 4.69) is 117 Å². The van der Waals surface area contributed by atoms with Crippen LogP contribution in [0.3, 0.4) is 0 Å². The molecule has 0 aliphatic carbocycles. The van der Waals surface area contributed by atoms with Gasteiger partial charge in [-0.05, 0) is 139 Å². The van der Waals surface area contributed by atoms with E-state index in [4.69, 9.17) is 54.8 Å². The van der Waals surface area contributed by atoms with Crippen molar-refractivity contribution >= 4 is 51.4 Å². The van der Waals surface area contributed by atoms with Crippen molar-refractivity contribution < 1.29 is 64.1 Å². The predicted octanol–water partition coefficient (Wildman–Crippen LogP) is 10.0. The second kappa shape index (κ2) is 70.6. The number of phenolic OH excluding ortho intramolecular Hbond substituents is 2. The fourth-order valence-electron chi connectivity index (χ4n) is 5.40. The van der Waals surface area contributed by atoms with E-state index in [0.717, 1.165) is 69.8 Å². The van der Waals surface area contributed by atoms with Crippen LogP contribution in [0.4, 0.5) is 5.69 Å². The standard InChI is InChI=1S/C18H27NO3.C10H18O2.C10H16O2.C7H9NO2.2C7H10O2.C3H7Br.C2H8N2.CH5N/c1-14(2)8-6-4-5-7-9-18(21)19-13-15-10-11-16(20)17(12-15)22-3;2*1-9(2)7-5-3-4-6-8-10(11)12;1-10-7-4-5(8)2-3-6(7)9;2*1-2-3-4-5-6-7(8)9;1-3(2)4;3-1-2-4;1-2/h6,8,10-12,14,20H,4-5,7,9,13H2,1-3H3,(H,19,21);5,7,9H,3-4,6,8H2,1-2H3,(H,11,12);9H,3-4,6,8H2,1-2H3,(H,11,12);2-4,9H,8H2,1H3;2*1H,3-6H2,(H,8,9);3H,1-2H3;1-4H2;2H2,1H3/p-2/b8-6+;7-5+;;;;;;;. The van der Waals surface area contributed by atoms with Crippen molar-refractivity contribution in [2.45, 2.75) is 195 Å². The molecule has 0 bridgehead atoms. The van der Waals surface area contributed by atoms with Crippen LogP contribution in [0.1, 0.15) is 189 Å². The third-order valence-corrected chi connectivity index (χ3v) is 9.42. The van der Waals surface area contributed by atoms with Crippen molar-refractivity contribution in [3.63, 3.8) is 0 Å². The number of aliphatic carboxylic acids is 4. The van der Waals surface area contributed by atoms with E-state index in [1.165, 1.54) is 27.3 Å². The van der Waals surface area contributed by atoms with Gasteiger partial charge in [0, 0.05) is 92.6 Å². The average molecular weight is 1250 g/mol. The van der Waals surface area contributed by atoms with Gasteiger partial charge in [0.1, 0.15) is 0 Å². The smallest absolute Gasteiger partial charge is 0.303 e. The lowest BCUT2D eigenvalue weighted by atomic mass is 10.1. The lowest BCUT2D eigenvalue weighted by molar-refractivity contribution is -0.307. The van der Waals surface area contributed by atoms with E-state index in [1.807, 2.05) is 13.8 Å². The van der Waals surface area contributed by atoms with Gasteiger partial charge in [-0.25, -0.2) is 0 Å². The van der Waals surface area contributed by atoms with Gasteiger partial charge in [-0.3, -0.25) is 14.4 Å². The van der Waals surface area contributed by atoms with Crippen LogP contribution < -0.4 is 47.9 Å². The number of unbranched alkanes of at least 4 members (excludes halogenated alkanes) is 10. The first-order valence-corrected chi connectivity index (χ1v) is 29.5. The summed E-state index contributed by atoms with van der Waals surface area (Å²) < 4.78 is 9.84. The summed E-state index contributed by atoms with van der Waals surface area (Å²) in [5.41, 5.74) is 21.2. The van der Waals surface area contributed by atoms with Crippen LogP contribution in [-0.2, 0) is 30.5 Å². The largest absolute Gasteiger partial charge is 0.550 e. The van der Waals surface area contributed by atoms with Crippen LogP contribution in [0.25, 0.3) is 0 Å². The number of methoxy groups -OCH3 is 2. The number of carbonyl (C=O) groups is 5. The molecule has 19 heteroatoms. The molecule has 0 aromatic heterocycles. The number of carbonyl (C=O) groups excluding carboxylic acids is 3. The number of aromatic hydroxyl groups is 2. The maximum atomic E-state index is 11.8. The molecule has 0 radical (unpaired) electrons. The third-order valence-electron chi connectivity index (χ3n) is 9.42. The Morgan fingerprint density at radius 2 is 1.00 bits per heavy atom. The summed E-state index contributed by atoms with van der Waals surface area (Å²) >= 11 is 3.27. The first-order valence-electron chi connectivity index (χ1n) is 28.6. The first-order chi connectivity index (χ1) is 39.7. The number of alkyl halides is 1. The molecular formula is C65H108BrN5O13-2. The molecule has 1 amide bonds. The Morgan fingerprint density at radius 3 is 1.36 bits per heavy atom. The second-order valence-electron chi connectivity index (χ2n) is 19.2. The Bertz CT molecular complexity index is 2090. The van der Waals surface area contributed by atoms with E-state index < -0.39 is 23.9 Å². The van der Waals surface area contributed by atoms with Crippen LogP contribution in [-0.4, -0.2) is 89.4 Å². The van der Waals surface area contributed by atoms with Gasteiger partial charge in [0.15, 0.2) is 23.0 Å². The van der Waals surface area contributed by atoms with Crippen molar-refractivity contribution in [3.8, 4) is 59.5 Å². The number of amides is 1. The molecule has 2 rings (SSSR count). The summed E-state index contributed by atoms with van der Waals surface area (Å²) in [6.07, 6.45) is 32.2. The Balaban J connectivity index is -0.000000169. The molecular weight excluding hydrogens is 1140 g/mol. The normalized spacial score (nSPS) is 9.58. The topological polar surface area (TPSA) is 347 Å². The summed E-state index contributed by atoms with van der Waals surface area (Å²) in [6, 6.07) is 9.74. The number of terminal acetylenes is 2. The van der Waals surface area contributed by atoms with Gasteiger partial charge in [0.2, 0.25) is 5.91 Å². The number of carboxylic acid groups (broad SMARTS) is 4. The summed E-state index contributed by atoms with van der Waals surface area (Å²) in [5, 5.41) is 57.7. The zero-order valence-corrected chi connectivity index (χ0v) is 54.2. The van der Waals surface area contributed by atoms with E-state index in [9.17, 15) is 39.3 Å². The number of nitrogens with one attached hydrogen (secondary N) is 1. The Labute approximate surface area is 514 Å². The van der Waals surface area contributed by atoms with Gasteiger partial charge >= 0.3 is 11.9 Å². The van der Waals surface area contributed by atoms with Crippen LogP contribution in [0.15, 0.2) is 60.7 Å². The second-order valence-corrected chi connectivity index (χ2v) is 21.0. The minimum absolute atomic E-state index is 0.0554. The number of benzene rings is 2. The van der Waals surface area contributed by atoms with Gasteiger partial charge in [-0.1, -0.05) is 102 Å². The SMILES string of the molecule is C#CCCCCC(=O)O.C#CCCCCC(=O)[O-].CC(C)/C=C/CCCCC(=O)O.CC(C)Br.CC(C)C#CCCCCC(=O)[O-].CN.COc1cc(CNC(=O)CCCC/C=C/C(C)C)ccc1O.COc1cc(N)ccc1O.NCCN. The molecule has 480 valence electrons. The Morgan fingerprint density at radius 1 is 0.619 bits per heavy atom. The van der Waals surface area contributed by atoms with E-state index >= 15 is 0 Å². The van der Waals surface area contributed by atoms with Gasteiger partial charge in [0.05, 0.1) is 14.2 Å². The third kappa shape index (κ3) is 89.1.